The molecule has 12 heavy (non-hydrogen) atoms. The van der Waals surface area contributed by atoms with Crippen LogP contribution in [0.1, 0.15) is 32.1 Å². The molecule has 0 heterocycles. The summed E-state index contributed by atoms with van der Waals surface area (Å²) >= 11 is 5.85. The number of allylic oxidation sites excluding steroid dienone is 3. The number of hydrogen-bond donors (Lipinski definition) is 0. The van der Waals surface area contributed by atoms with Crippen molar-refractivity contribution in [3.8, 4) is 0 Å². The molecular weight excluding hydrogens is 168 g/mol. The molecule has 1 unspecified atom stereocenters. The second kappa shape index (κ2) is 5.42. The van der Waals surface area contributed by atoms with E-state index in [9.17, 15) is 0 Å². The van der Waals surface area contributed by atoms with Gasteiger partial charge in [-0.2, -0.15) is 0 Å². The monoisotopic (exact) mass is 184 g/mol. The van der Waals surface area contributed by atoms with E-state index in [1.807, 2.05) is 6.08 Å². The van der Waals surface area contributed by atoms with Gasteiger partial charge in [-0.25, -0.2) is 0 Å². The van der Waals surface area contributed by atoms with Crippen molar-refractivity contribution < 1.29 is 0 Å². The summed E-state index contributed by atoms with van der Waals surface area (Å²) in [4.78, 5) is 0. The maximum Gasteiger partial charge on any atom is 0.0257 e. The minimum Gasteiger partial charge on any atom is -0.126 e. The molecule has 0 radical (unpaired) electrons. The molecule has 68 valence electrons. The minimum absolute atomic E-state index is 0.619. The van der Waals surface area contributed by atoms with Gasteiger partial charge in [-0.05, 0) is 38.0 Å². The Labute approximate surface area is 80.3 Å². The number of hydrogen-bond acceptors (Lipinski definition) is 0. The first-order chi connectivity index (χ1) is 5.86. The molecule has 0 bridgehead atoms. The molecule has 1 heteroatoms. The van der Waals surface area contributed by atoms with Crippen molar-refractivity contribution in [2.24, 2.45) is 5.92 Å². The quantitative estimate of drug-likeness (QED) is 0.449. The predicted molar refractivity (Wildman–Crippen MR) is 55.6 cm³/mol. The highest BCUT2D eigenvalue weighted by atomic mass is 35.5. The van der Waals surface area contributed by atoms with Crippen LogP contribution in [0.2, 0.25) is 0 Å². The van der Waals surface area contributed by atoms with Crippen molar-refractivity contribution in [3.05, 3.63) is 24.3 Å². The summed E-state index contributed by atoms with van der Waals surface area (Å²) in [6.45, 7) is 3.74. The average molecular weight is 185 g/mol. The molecule has 0 saturated heterocycles. The van der Waals surface area contributed by atoms with Crippen molar-refractivity contribution in [3.63, 3.8) is 0 Å². The SMILES string of the molecule is C=CCC(CCl)CC1=CCCC1. The summed E-state index contributed by atoms with van der Waals surface area (Å²) < 4.78 is 0. The Morgan fingerprint density at radius 3 is 3.00 bits per heavy atom. The lowest BCUT2D eigenvalue weighted by atomic mass is 9.98. The fourth-order valence-corrected chi connectivity index (χ4v) is 1.97. The van der Waals surface area contributed by atoms with Crippen LogP contribution in [0.15, 0.2) is 24.3 Å². The molecular formula is C11H17Cl. The molecule has 0 aromatic rings. The lowest BCUT2D eigenvalue weighted by Gasteiger charge is -2.11. The second-order valence-corrected chi connectivity index (χ2v) is 3.81. The van der Waals surface area contributed by atoms with Crippen molar-refractivity contribution in [2.75, 3.05) is 5.88 Å². The maximum atomic E-state index is 5.85. The highest BCUT2D eigenvalue weighted by Crippen LogP contribution is 2.26. The lowest BCUT2D eigenvalue weighted by Crippen LogP contribution is -2.01. The van der Waals surface area contributed by atoms with Gasteiger partial charge in [0.05, 0.1) is 0 Å². The van der Waals surface area contributed by atoms with Crippen LogP contribution >= 0.6 is 11.6 Å². The first-order valence-electron chi connectivity index (χ1n) is 4.71. The summed E-state index contributed by atoms with van der Waals surface area (Å²) in [6.07, 6.45) is 10.5. The van der Waals surface area contributed by atoms with Crippen LogP contribution in [0.5, 0.6) is 0 Å². The van der Waals surface area contributed by atoms with E-state index in [4.69, 9.17) is 11.6 Å². The van der Waals surface area contributed by atoms with E-state index < -0.39 is 0 Å². The Hall–Kier alpha value is -0.230. The van der Waals surface area contributed by atoms with E-state index in [-0.39, 0.29) is 0 Å². The Kier molecular flexibility index (Phi) is 4.45. The van der Waals surface area contributed by atoms with Crippen molar-refractivity contribution in [2.45, 2.75) is 32.1 Å². The van der Waals surface area contributed by atoms with Gasteiger partial charge in [0.15, 0.2) is 0 Å². The zero-order valence-electron chi connectivity index (χ0n) is 7.56. The highest BCUT2D eigenvalue weighted by molar-refractivity contribution is 6.18. The smallest absolute Gasteiger partial charge is 0.0257 e. The first kappa shape index (κ1) is 9.85. The van der Waals surface area contributed by atoms with Crippen LogP contribution in [-0.2, 0) is 0 Å². The van der Waals surface area contributed by atoms with Gasteiger partial charge in [-0.1, -0.05) is 17.7 Å². The molecule has 1 atom stereocenters. The fraction of sp³-hybridized carbons (Fsp3) is 0.636. The fourth-order valence-electron chi connectivity index (χ4n) is 1.73. The highest BCUT2D eigenvalue weighted by Gasteiger charge is 2.11. The van der Waals surface area contributed by atoms with E-state index in [2.05, 4.69) is 12.7 Å². The Morgan fingerprint density at radius 1 is 1.67 bits per heavy atom. The Morgan fingerprint density at radius 2 is 2.50 bits per heavy atom. The summed E-state index contributed by atoms with van der Waals surface area (Å²) in [7, 11) is 0. The summed E-state index contributed by atoms with van der Waals surface area (Å²) in [5.41, 5.74) is 1.61. The Bertz CT molecular complexity index is 170. The molecule has 0 aromatic carbocycles. The Balaban J connectivity index is 2.30. The average Bonchev–Trinajstić information content (AvgIpc) is 2.56. The van der Waals surface area contributed by atoms with Crippen molar-refractivity contribution in [1.29, 1.82) is 0 Å². The van der Waals surface area contributed by atoms with Gasteiger partial charge < -0.3 is 0 Å². The normalized spacial score (nSPS) is 18.9. The van der Waals surface area contributed by atoms with Crippen LogP contribution in [0, 0.1) is 5.92 Å². The molecule has 0 spiro atoms. The summed E-state index contributed by atoms with van der Waals surface area (Å²) in [5, 5.41) is 0. The molecule has 0 aliphatic heterocycles. The molecule has 0 amide bonds. The van der Waals surface area contributed by atoms with Gasteiger partial charge >= 0.3 is 0 Å². The van der Waals surface area contributed by atoms with Crippen LogP contribution in [0.4, 0.5) is 0 Å². The minimum atomic E-state index is 0.619. The van der Waals surface area contributed by atoms with E-state index in [1.165, 1.54) is 25.7 Å². The molecule has 0 saturated carbocycles. The van der Waals surface area contributed by atoms with Gasteiger partial charge in [-0.15, -0.1) is 18.2 Å². The van der Waals surface area contributed by atoms with Gasteiger partial charge in [0.25, 0.3) is 0 Å². The zero-order valence-corrected chi connectivity index (χ0v) is 8.32. The third kappa shape index (κ3) is 3.02. The van der Waals surface area contributed by atoms with E-state index in [0.717, 1.165) is 12.3 Å². The van der Waals surface area contributed by atoms with E-state index >= 15 is 0 Å². The molecule has 0 fully saturated rings. The maximum absolute atomic E-state index is 5.85. The standard InChI is InChI=1S/C11H17Cl/c1-2-5-11(9-12)8-10-6-3-4-7-10/h2,6,11H,1,3-5,7-9H2. The number of rotatable bonds is 5. The third-order valence-electron chi connectivity index (χ3n) is 2.40. The third-order valence-corrected chi connectivity index (χ3v) is 2.84. The first-order valence-corrected chi connectivity index (χ1v) is 5.25. The zero-order chi connectivity index (χ0) is 8.81. The molecule has 1 aliphatic rings. The van der Waals surface area contributed by atoms with Gasteiger partial charge in [-0.3, -0.25) is 0 Å². The molecule has 0 N–H and O–H groups in total. The number of alkyl halides is 1. The van der Waals surface area contributed by atoms with E-state index in [0.29, 0.717) is 5.92 Å². The van der Waals surface area contributed by atoms with Gasteiger partial charge in [0, 0.05) is 5.88 Å². The van der Waals surface area contributed by atoms with Crippen LogP contribution in [0.25, 0.3) is 0 Å². The second-order valence-electron chi connectivity index (χ2n) is 3.50. The molecule has 0 nitrogen and oxygen atoms in total. The topological polar surface area (TPSA) is 0 Å². The number of halogens is 1. The summed E-state index contributed by atoms with van der Waals surface area (Å²) in [6, 6.07) is 0. The summed E-state index contributed by atoms with van der Waals surface area (Å²) in [5.74, 6) is 1.39. The van der Waals surface area contributed by atoms with Crippen LogP contribution in [0.3, 0.4) is 0 Å². The van der Waals surface area contributed by atoms with Crippen LogP contribution < -0.4 is 0 Å². The van der Waals surface area contributed by atoms with Gasteiger partial charge in [0.1, 0.15) is 0 Å². The van der Waals surface area contributed by atoms with E-state index in [1.54, 1.807) is 5.57 Å². The molecule has 1 rings (SSSR count). The predicted octanol–water partition coefficient (Wildman–Crippen LogP) is 3.92. The largest absolute Gasteiger partial charge is 0.126 e. The van der Waals surface area contributed by atoms with Crippen LogP contribution in [-0.4, -0.2) is 5.88 Å². The molecule has 1 aliphatic carbocycles. The van der Waals surface area contributed by atoms with Crippen molar-refractivity contribution >= 4 is 11.6 Å². The molecule has 0 aromatic heterocycles. The van der Waals surface area contributed by atoms with Gasteiger partial charge in [0.2, 0.25) is 0 Å². The lowest BCUT2D eigenvalue weighted by molar-refractivity contribution is 0.585. The van der Waals surface area contributed by atoms with Crippen molar-refractivity contribution in [1.82, 2.24) is 0 Å².